The molecule has 3 aromatic rings. The highest BCUT2D eigenvalue weighted by atomic mass is 16.5. The molecule has 0 aromatic heterocycles. The zero-order chi connectivity index (χ0) is 28.5. The van der Waals surface area contributed by atoms with Crippen LogP contribution in [0.4, 0.5) is 5.69 Å². The second kappa shape index (κ2) is 10.6. The Kier molecular flexibility index (Phi) is 7.49. The van der Waals surface area contributed by atoms with Gasteiger partial charge in [0, 0.05) is 16.8 Å². The lowest BCUT2D eigenvalue weighted by molar-refractivity contribution is -0.132. The number of hydrogen-bond donors (Lipinski definition) is 2. The Morgan fingerprint density at radius 3 is 2.23 bits per heavy atom. The summed E-state index contributed by atoms with van der Waals surface area (Å²) in [5.41, 5.74) is 1.76. The van der Waals surface area contributed by atoms with Gasteiger partial charge in [0.25, 0.3) is 11.7 Å². The van der Waals surface area contributed by atoms with Gasteiger partial charge in [-0.2, -0.15) is 0 Å². The summed E-state index contributed by atoms with van der Waals surface area (Å²) in [5, 5.41) is 21.7. The first-order valence-electron chi connectivity index (χ1n) is 12.5. The van der Waals surface area contributed by atoms with E-state index in [1.165, 1.54) is 41.3 Å². The van der Waals surface area contributed by atoms with Gasteiger partial charge in [-0.25, -0.2) is 4.79 Å². The van der Waals surface area contributed by atoms with E-state index < -0.39 is 23.7 Å². The fraction of sp³-hybridized carbons (Fsp3) is 0.258. The highest BCUT2D eigenvalue weighted by Crippen LogP contribution is 2.43. The quantitative estimate of drug-likeness (QED) is 0.188. The summed E-state index contributed by atoms with van der Waals surface area (Å²) in [7, 11) is 1.56. The van der Waals surface area contributed by atoms with Gasteiger partial charge in [-0.15, -0.1) is 0 Å². The number of methoxy groups -OCH3 is 1. The number of ether oxygens (including phenoxy) is 2. The van der Waals surface area contributed by atoms with Crippen molar-refractivity contribution in [2.24, 2.45) is 0 Å². The fourth-order valence-corrected chi connectivity index (χ4v) is 4.68. The molecule has 202 valence electrons. The first-order chi connectivity index (χ1) is 18.5. The Morgan fingerprint density at radius 1 is 0.974 bits per heavy atom. The third kappa shape index (κ3) is 5.23. The van der Waals surface area contributed by atoms with Gasteiger partial charge in [-0.3, -0.25) is 14.5 Å². The predicted molar refractivity (Wildman–Crippen MR) is 147 cm³/mol. The topological polar surface area (TPSA) is 113 Å². The van der Waals surface area contributed by atoms with Crippen molar-refractivity contribution in [3.05, 3.63) is 94.6 Å². The molecule has 2 N–H and O–H groups in total. The second-order valence-electron chi connectivity index (χ2n) is 10.2. The number of esters is 1. The molecule has 1 aliphatic heterocycles. The number of benzene rings is 3. The van der Waals surface area contributed by atoms with E-state index in [0.29, 0.717) is 28.1 Å². The minimum atomic E-state index is -1.04. The molecule has 4 rings (SSSR count). The molecule has 0 spiro atoms. The molecule has 39 heavy (non-hydrogen) atoms. The van der Waals surface area contributed by atoms with E-state index in [0.717, 1.165) is 5.56 Å². The number of aliphatic hydroxyl groups excluding tert-OH is 1. The molecular formula is C31H31NO7. The van der Waals surface area contributed by atoms with Crippen LogP contribution in [0.25, 0.3) is 5.76 Å². The highest BCUT2D eigenvalue weighted by molar-refractivity contribution is 6.51. The lowest BCUT2D eigenvalue weighted by Crippen LogP contribution is -2.29. The van der Waals surface area contributed by atoms with E-state index in [1.807, 2.05) is 20.8 Å². The number of phenolic OH excluding ortho intramolecular Hbond substituents is 1. The van der Waals surface area contributed by atoms with E-state index in [1.54, 1.807) is 44.4 Å². The molecule has 1 fully saturated rings. The molecular weight excluding hydrogens is 498 g/mol. The minimum absolute atomic E-state index is 0.0600. The standard InChI is InChI=1S/C31H31NO7/c1-6-39-30(37)18-10-13-21(14-11-18)32-26(19-8-7-9-22(33)16-19)25(28(35)29(32)36)27(34)20-12-15-24(38-5)23(17-20)31(2,3)4/h7-17,26,33-34H,6H2,1-5H3/b27-25-. The molecule has 1 saturated heterocycles. The Balaban J connectivity index is 1.90. The lowest BCUT2D eigenvalue weighted by atomic mass is 9.84. The van der Waals surface area contributed by atoms with E-state index in [4.69, 9.17) is 9.47 Å². The number of anilines is 1. The van der Waals surface area contributed by atoms with Crippen LogP contribution in [0.1, 0.15) is 60.8 Å². The first-order valence-corrected chi connectivity index (χ1v) is 12.5. The van der Waals surface area contributed by atoms with Crippen LogP contribution in [0.2, 0.25) is 0 Å². The number of aliphatic hydroxyl groups is 1. The fourth-order valence-electron chi connectivity index (χ4n) is 4.68. The maximum absolute atomic E-state index is 13.5. The summed E-state index contributed by atoms with van der Waals surface area (Å²) in [6.45, 7) is 7.92. The lowest BCUT2D eigenvalue weighted by Gasteiger charge is -2.26. The van der Waals surface area contributed by atoms with E-state index >= 15 is 0 Å². The van der Waals surface area contributed by atoms with Gasteiger partial charge in [-0.05, 0) is 72.5 Å². The average molecular weight is 530 g/mol. The first kappa shape index (κ1) is 27.4. The number of rotatable bonds is 6. The minimum Gasteiger partial charge on any atom is -0.508 e. The molecule has 8 heteroatoms. The van der Waals surface area contributed by atoms with Crippen molar-refractivity contribution in [2.45, 2.75) is 39.2 Å². The smallest absolute Gasteiger partial charge is 0.338 e. The van der Waals surface area contributed by atoms with Crippen molar-refractivity contribution in [2.75, 3.05) is 18.6 Å². The van der Waals surface area contributed by atoms with E-state index in [-0.39, 0.29) is 29.1 Å². The van der Waals surface area contributed by atoms with Crippen molar-refractivity contribution in [3.63, 3.8) is 0 Å². The summed E-state index contributed by atoms with van der Waals surface area (Å²) in [4.78, 5) is 40.3. The van der Waals surface area contributed by atoms with Crippen LogP contribution in [0, 0.1) is 0 Å². The van der Waals surface area contributed by atoms with Crippen LogP contribution >= 0.6 is 0 Å². The Labute approximate surface area is 227 Å². The van der Waals surface area contributed by atoms with Crippen LogP contribution in [-0.2, 0) is 19.7 Å². The largest absolute Gasteiger partial charge is 0.508 e. The molecule has 1 unspecified atom stereocenters. The number of amides is 1. The van der Waals surface area contributed by atoms with Gasteiger partial charge >= 0.3 is 5.97 Å². The second-order valence-corrected chi connectivity index (χ2v) is 10.2. The molecule has 0 radical (unpaired) electrons. The molecule has 1 amide bonds. The van der Waals surface area contributed by atoms with Crippen molar-refractivity contribution in [1.29, 1.82) is 0 Å². The van der Waals surface area contributed by atoms with E-state index in [2.05, 4.69) is 0 Å². The molecule has 3 aromatic carbocycles. The number of Topliss-reactive ketones (excluding diaryl/α,β-unsaturated/α-hetero) is 1. The van der Waals surface area contributed by atoms with Gasteiger partial charge in [0.05, 0.1) is 30.9 Å². The van der Waals surface area contributed by atoms with Crippen molar-refractivity contribution < 1.29 is 34.1 Å². The number of carbonyl (C=O) groups is 3. The number of hydrogen-bond acceptors (Lipinski definition) is 7. The number of nitrogens with zero attached hydrogens (tertiary/aromatic N) is 1. The van der Waals surface area contributed by atoms with Crippen LogP contribution in [-0.4, -0.2) is 41.6 Å². The van der Waals surface area contributed by atoms with Crippen LogP contribution in [0.3, 0.4) is 0 Å². The van der Waals surface area contributed by atoms with Gasteiger partial charge in [0.15, 0.2) is 0 Å². The molecule has 0 aliphatic carbocycles. The zero-order valence-electron chi connectivity index (χ0n) is 22.5. The summed E-state index contributed by atoms with van der Waals surface area (Å²) < 4.78 is 10.5. The summed E-state index contributed by atoms with van der Waals surface area (Å²) in [5.74, 6) is -2.01. The SMILES string of the molecule is CCOC(=O)c1ccc(N2C(=O)C(=O)/C(=C(\O)c3ccc(OC)c(C(C)(C)C)c3)C2c2cccc(O)c2)cc1. The summed E-state index contributed by atoms with van der Waals surface area (Å²) in [6.07, 6.45) is 0. The zero-order valence-corrected chi connectivity index (χ0v) is 22.5. The third-order valence-electron chi connectivity index (χ3n) is 6.57. The average Bonchev–Trinajstić information content (AvgIpc) is 3.17. The van der Waals surface area contributed by atoms with Gasteiger partial charge in [0.2, 0.25) is 0 Å². The van der Waals surface area contributed by atoms with Crippen LogP contribution < -0.4 is 9.64 Å². The summed E-state index contributed by atoms with van der Waals surface area (Å²) in [6, 6.07) is 16.3. The highest BCUT2D eigenvalue weighted by Gasteiger charge is 2.47. The Hall–Kier alpha value is -4.59. The van der Waals surface area contributed by atoms with Crippen molar-refractivity contribution in [1.82, 2.24) is 0 Å². The molecule has 1 atom stereocenters. The van der Waals surface area contributed by atoms with Crippen molar-refractivity contribution in [3.8, 4) is 11.5 Å². The van der Waals surface area contributed by atoms with Crippen LogP contribution in [0.15, 0.2) is 72.3 Å². The number of ketones is 1. The predicted octanol–water partition coefficient (Wildman–Crippen LogP) is 5.50. The summed E-state index contributed by atoms with van der Waals surface area (Å²) >= 11 is 0. The normalized spacial score (nSPS) is 16.8. The molecule has 0 bridgehead atoms. The Morgan fingerprint density at radius 2 is 1.64 bits per heavy atom. The number of phenols is 1. The maximum atomic E-state index is 13.5. The monoisotopic (exact) mass is 529 g/mol. The van der Waals surface area contributed by atoms with Gasteiger partial charge < -0.3 is 19.7 Å². The maximum Gasteiger partial charge on any atom is 0.338 e. The Bertz CT molecular complexity index is 1460. The number of aromatic hydroxyl groups is 1. The molecule has 1 heterocycles. The molecule has 0 saturated carbocycles. The number of carbonyl (C=O) groups excluding carboxylic acids is 3. The third-order valence-corrected chi connectivity index (χ3v) is 6.57. The van der Waals surface area contributed by atoms with Crippen molar-refractivity contribution >= 4 is 29.1 Å². The molecule has 8 nitrogen and oxygen atoms in total. The van der Waals surface area contributed by atoms with E-state index in [9.17, 15) is 24.6 Å². The van der Waals surface area contributed by atoms with Gasteiger partial charge in [-0.1, -0.05) is 32.9 Å². The molecule has 1 aliphatic rings. The van der Waals surface area contributed by atoms with Gasteiger partial charge in [0.1, 0.15) is 17.3 Å². The van der Waals surface area contributed by atoms with Crippen LogP contribution in [0.5, 0.6) is 11.5 Å².